The minimum Gasteiger partial charge on any atom is -0.456 e. The molecule has 0 bridgehead atoms. The second-order valence-electron chi connectivity index (χ2n) is 6.96. The van der Waals surface area contributed by atoms with Crippen LogP contribution in [0.1, 0.15) is 40.0 Å². The average molecular weight is 386 g/mol. The summed E-state index contributed by atoms with van der Waals surface area (Å²) in [5.41, 5.74) is 8.48. The molecular weight excluding hydrogens is 364 g/mol. The van der Waals surface area contributed by atoms with Crippen molar-refractivity contribution in [1.82, 2.24) is 4.98 Å². The van der Waals surface area contributed by atoms with Gasteiger partial charge in [-0.1, -0.05) is 72.8 Å². The first kappa shape index (κ1) is 18.9. The summed E-state index contributed by atoms with van der Waals surface area (Å²) in [6.45, 7) is 0.190. The highest BCUT2D eigenvalue weighted by Gasteiger charge is 2.18. The number of nitrogens with zero attached hydrogens (tertiary/aromatic N) is 1. The van der Waals surface area contributed by atoms with E-state index >= 15 is 0 Å². The smallest absolute Gasteiger partial charge is 0.360 e. The van der Waals surface area contributed by atoms with E-state index in [1.165, 1.54) is 22.6 Å². The van der Waals surface area contributed by atoms with Gasteiger partial charge in [-0.25, -0.2) is 9.78 Å². The van der Waals surface area contributed by atoms with Gasteiger partial charge in [0.05, 0.1) is 6.04 Å². The van der Waals surface area contributed by atoms with Gasteiger partial charge in [-0.2, -0.15) is 0 Å². The van der Waals surface area contributed by atoms with Crippen molar-refractivity contribution in [3.8, 4) is 0 Å². The topological polar surface area (TPSA) is 78.3 Å². The molecule has 4 aromatic rings. The summed E-state index contributed by atoms with van der Waals surface area (Å²) < 4.78 is 10.7. The van der Waals surface area contributed by atoms with Crippen LogP contribution >= 0.6 is 0 Å². The van der Waals surface area contributed by atoms with Crippen molar-refractivity contribution in [3.63, 3.8) is 0 Å². The van der Waals surface area contributed by atoms with Crippen LogP contribution in [0.25, 0.3) is 10.8 Å². The third kappa shape index (κ3) is 4.70. The lowest BCUT2D eigenvalue weighted by molar-refractivity contribution is 0.0465. The molecule has 5 heteroatoms. The number of carbonyl (C=O) groups is 1. The van der Waals surface area contributed by atoms with Crippen LogP contribution in [0.2, 0.25) is 0 Å². The van der Waals surface area contributed by atoms with Crippen LogP contribution in [-0.2, 0) is 17.8 Å². The van der Waals surface area contributed by atoms with E-state index in [1.54, 1.807) is 0 Å². The van der Waals surface area contributed by atoms with Gasteiger partial charge in [0.25, 0.3) is 0 Å². The number of esters is 1. The van der Waals surface area contributed by atoms with E-state index in [0.29, 0.717) is 12.3 Å². The molecule has 0 saturated carbocycles. The van der Waals surface area contributed by atoms with Crippen molar-refractivity contribution in [2.45, 2.75) is 25.5 Å². The van der Waals surface area contributed by atoms with Crippen LogP contribution < -0.4 is 5.73 Å². The second-order valence-corrected chi connectivity index (χ2v) is 6.96. The first-order chi connectivity index (χ1) is 14.2. The minimum atomic E-state index is -0.523. The van der Waals surface area contributed by atoms with Crippen molar-refractivity contribution in [3.05, 3.63) is 102 Å². The molecule has 0 fully saturated rings. The van der Waals surface area contributed by atoms with Crippen molar-refractivity contribution in [2.24, 2.45) is 5.73 Å². The number of ether oxygens (including phenoxy) is 1. The number of rotatable bonds is 7. The van der Waals surface area contributed by atoms with Crippen molar-refractivity contribution < 1.29 is 13.9 Å². The van der Waals surface area contributed by atoms with E-state index in [9.17, 15) is 4.79 Å². The number of nitrogens with two attached hydrogens (primary N) is 1. The maximum absolute atomic E-state index is 12.2. The number of hydrogen-bond donors (Lipinski definition) is 1. The van der Waals surface area contributed by atoms with Crippen molar-refractivity contribution in [1.29, 1.82) is 0 Å². The molecular formula is C24H22N2O3. The Morgan fingerprint density at radius 1 is 0.966 bits per heavy atom. The normalized spacial score (nSPS) is 12.0. The molecule has 0 saturated heterocycles. The number of hydrogen-bond acceptors (Lipinski definition) is 5. The van der Waals surface area contributed by atoms with Crippen LogP contribution in [-0.4, -0.2) is 11.0 Å². The molecule has 0 aliphatic heterocycles. The first-order valence-corrected chi connectivity index (χ1v) is 9.59. The van der Waals surface area contributed by atoms with Gasteiger partial charge >= 0.3 is 5.97 Å². The Bertz CT molecular complexity index is 1110. The summed E-state index contributed by atoms with van der Waals surface area (Å²) in [5, 5.41) is 2.42. The Balaban J connectivity index is 1.33. The molecule has 2 N–H and O–H groups in total. The molecule has 1 atom stereocenters. The van der Waals surface area contributed by atoms with E-state index in [1.807, 2.05) is 42.5 Å². The predicted octanol–water partition coefficient (Wildman–Crippen LogP) is 4.82. The molecule has 0 unspecified atom stereocenters. The Kier molecular flexibility index (Phi) is 5.68. The highest BCUT2D eigenvalue weighted by Crippen LogP contribution is 2.20. The van der Waals surface area contributed by atoms with Gasteiger partial charge in [-0.3, -0.25) is 0 Å². The van der Waals surface area contributed by atoms with Crippen LogP contribution in [0.4, 0.5) is 0 Å². The summed E-state index contributed by atoms with van der Waals surface area (Å²) in [6, 6.07) is 23.7. The molecule has 5 nitrogen and oxygen atoms in total. The van der Waals surface area contributed by atoms with Gasteiger partial charge in [0.2, 0.25) is 5.89 Å². The fourth-order valence-corrected chi connectivity index (χ4v) is 3.19. The van der Waals surface area contributed by atoms with Crippen LogP contribution in [0.5, 0.6) is 0 Å². The lowest BCUT2D eigenvalue weighted by Gasteiger charge is -2.08. The second kappa shape index (κ2) is 8.71. The highest BCUT2D eigenvalue weighted by molar-refractivity contribution is 5.86. The zero-order valence-corrected chi connectivity index (χ0v) is 16.0. The SMILES string of the molecule is N[C@H](CCc1ccc2ccccc2c1)c1nc(C(=O)OCc2ccccc2)co1. The molecule has 0 radical (unpaired) electrons. The predicted molar refractivity (Wildman–Crippen MR) is 111 cm³/mol. The first-order valence-electron chi connectivity index (χ1n) is 9.59. The Morgan fingerprint density at radius 3 is 2.55 bits per heavy atom. The molecule has 0 spiro atoms. The lowest BCUT2D eigenvalue weighted by atomic mass is 10.0. The lowest BCUT2D eigenvalue weighted by Crippen LogP contribution is -2.13. The average Bonchev–Trinajstić information content (AvgIpc) is 3.27. The zero-order valence-electron chi connectivity index (χ0n) is 16.0. The van der Waals surface area contributed by atoms with E-state index < -0.39 is 12.0 Å². The molecule has 1 aromatic heterocycles. The van der Waals surface area contributed by atoms with E-state index in [4.69, 9.17) is 14.9 Å². The van der Waals surface area contributed by atoms with Crippen LogP contribution in [0, 0.1) is 0 Å². The Labute approximate surface area is 169 Å². The van der Waals surface area contributed by atoms with Crippen LogP contribution in [0.15, 0.2) is 83.5 Å². The number of benzene rings is 3. The van der Waals surface area contributed by atoms with Gasteiger partial charge in [0, 0.05) is 0 Å². The molecule has 3 aromatic carbocycles. The number of fused-ring (bicyclic) bond motifs is 1. The molecule has 29 heavy (non-hydrogen) atoms. The Morgan fingerprint density at radius 2 is 1.72 bits per heavy atom. The van der Waals surface area contributed by atoms with Gasteiger partial charge < -0.3 is 14.9 Å². The molecule has 146 valence electrons. The van der Waals surface area contributed by atoms with E-state index in [0.717, 1.165) is 12.0 Å². The summed E-state index contributed by atoms with van der Waals surface area (Å²) in [5.74, 6) is -0.178. The monoisotopic (exact) mass is 386 g/mol. The maximum Gasteiger partial charge on any atom is 0.360 e. The minimum absolute atomic E-state index is 0.136. The standard InChI is InChI=1S/C24H22N2O3/c25-21(13-11-17-10-12-19-8-4-5-9-20(19)14-17)23-26-22(16-28-23)24(27)29-15-18-6-2-1-3-7-18/h1-10,12,14,16,21H,11,13,15,25H2/t21-/m1/s1. The van der Waals surface area contributed by atoms with Crippen molar-refractivity contribution in [2.75, 3.05) is 0 Å². The summed E-state index contributed by atoms with van der Waals surface area (Å²) in [6.07, 6.45) is 2.76. The third-order valence-electron chi connectivity index (χ3n) is 4.82. The van der Waals surface area contributed by atoms with E-state index in [2.05, 4.69) is 35.3 Å². The summed E-state index contributed by atoms with van der Waals surface area (Å²) in [7, 11) is 0. The summed E-state index contributed by atoms with van der Waals surface area (Å²) in [4.78, 5) is 16.4. The van der Waals surface area contributed by atoms with Gasteiger partial charge in [-0.05, 0) is 34.7 Å². The number of oxazole rings is 1. The number of aromatic nitrogens is 1. The Hall–Kier alpha value is -3.44. The number of aryl methyl sites for hydroxylation is 1. The fraction of sp³-hybridized carbons (Fsp3) is 0.167. The zero-order chi connectivity index (χ0) is 20.1. The van der Waals surface area contributed by atoms with Gasteiger partial charge in [-0.15, -0.1) is 0 Å². The summed E-state index contributed by atoms with van der Waals surface area (Å²) >= 11 is 0. The quantitative estimate of drug-likeness (QED) is 0.461. The largest absolute Gasteiger partial charge is 0.456 e. The van der Waals surface area contributed by atoms with Crippen LogP contribution in [0.3, 0.4) is 0 Å². The number of carbonyl (C=O) groups excluding carboxylic acids is 1. The van der Waals surface area contributed by atoms with Gasteiger partial charge in [0.1, 0.15) is 12.9 Å². The maximum atomic E-state index is 12.2. The molecule has 1 heterocycles. The highest BCUT2D eigenvalue weighted by atomic mass is 16.5. The molecule has 4 rings (SSSR count). The fourth-order valence-electron chi connectivity index (χ4n) is 3.19. The van der Waals surface area contributed by atoms with Crippen molar-refractivity contribution >= 4 is 16.7 Å². The molecule has 0 amide bonds. The van der Waals surface area contributed by atoms with Gasteiger partial charge in [0.15, 0.2) is 5.69 Å². The molecule has 0 aliphatic carbocycles. The third-order valence-corrected chi connectivity index (χ3v) is 4.82. The molecule has 0 aliphatic rings. The van der Waals surface area contributed by atoms with E-state index in [-0.39, 0.29) is 12.3 Å².